The Kier molecular flexibility index (Phi) is 10.6. The Labute approximate surface area is 309 Å². The molecule has 0 saturated carbocycles. The van der Waals surface area contributed by atoms with Gasteiger partial charge < -0.3 is 18.9 Å². The fourth-order valence-electron chi connectivity index (χ4n) is 6.75. The minimum Gasteiger partial charge on any atom is -0.759 e. The van der Waals surface area contributed by atoms with Gasteiger partial charge in [-0.2, -0.15) is 0 Å². The van der Waals surface area contributed by atoms with Crippen LogP contribution in [0.3, 0.4) is 0 Å². The molecule has 6 aromatic carbocycles. The van der Waals surface area contributed by atoms with Crippen LogP contribution in [0.15, 0.2) is 133 Å². The Morgan fingerprint density at radius 3 is 1.13 bits per heavy atom. The Morgan fingerprint density at radius 1 is 0.472 bits per heavy atom. The summed E-state index contributed by atoms with van der Waals surface area (Å²) in [5.74, 6) is 0. The third-order valence-corrected chi connectivity index (χ3v) is 8.93. The van der Waals surface area contributed by atoms with E-state index in [4.69, 9.17) is 27.5 Å². The first-order valence-corrected chi connectivity index (χ1v) is 18.3. The Bertz CT molecular complexity index is 2510. The van der Waals surface area contributed by atoms with Gasteiger partial charge in [-0.05, 0) is 50.2 Å². The van der Waals surface area contributed by atoms with Crippen LogP contribution < -0.4 is 18.9 Å². The molecule has 0 aliphatic heterocycles. The van der Waals surface area contributed by atoms with Crippen LogP contribution >= 0.6 is 0 Å². The van der Waals surface area contributed by atoms with Crippen molar-refractivity contribution in [3.05, 3.63) is 145 Å². The lowest BCUT2D eigenvalue weighted by atomic mass is 10.1. The fourth-order valence-corrected chi connectivity index (χ4v) is 6.75. The number of nitrogens with zero attached hydrogens (tertiary/aromatic N) is 6. The molecule has 0 radical (unpaired) electrons. The second-order valence-corrected chi connectivity index (χ2v) is 13.7. The molecule has 53 heavy (non-hydrogen) atoms. The van der Waals surface area contributed by atoms with Gasteiger partial charge in [0.05, 0.1) is 0 Å². The molecule has 0 unspecified atom stereocenters. The lowest BCUT2D eigenvalue weighted by Crippen LogP contribution is -2.34. The Morgan fingerprint density at radius 2 is 0.792 bits per heavy atom. The van der Waals surface area contributed by atoms with Crippen molar-refractivity contribution in [2.24, 2.45) is 0 Å². The quantitative estimate of drug-likeness (QED) is 0.0848. The number of aromatic nitrogens is 4. The highest BCUT2D eigenvalue weighted by Crippen LogP contribution is 2.28. The van der Waals surface area contributed by atoms with Gasteiger partial charge >= 0.3 is 0 Å². The van der Waals surface area contributed by atoms with Crippen LogP contribution in [0.4, 0.5) is 11.4 Å². The summed E-state index contributed by atoms with van der Waals surface area (Å²) in [6.07, 6.45) is 0. The minimum absolute atomic E-state index is 1.01. The van der Waals surface area contributed by atoms with Gasteiger partial charge in [0.25, 0.3) is 0 Å². The van der Waals surface area contributed by atoms with Gasteiger partial charge in [0.1, 0.15) is 22.1 Å². The molecule has 8 aromatic rings. The van der Waals surface area contributed by atoms with Crippen molar-refractivity contribution in [1.82, 2.24) is 9.97 Å². The number of hydrogen-bond donors (Lipinski definition) is 0. The maximum absolute atomic E-state index is 8.52. The summed E-state index contributed by atoms with van der Waals surface area (Å²) in [5, 5.41) is 0. The lowest BCUT2D eigenvalue weighted by Gasteiger charge is -2.16. The second-order valence-electron chi connectivity index (χ2n) is 12.9. The fraction of sp³-hybridized carbons (Fsp3) is 0.143. The monoisotopic (exact) mass is 724 g/mol. The number of anilines is 2. The summed E-state index contributed by atoms with van der Waals surface area (Å²) in [6.45, 7) is 4.35. The predicted molar refractivity (Wildman–Crippen MR) is 210 cm³/mol. The van der Waals surface area contributed by atoms with Gasteiger partial charge in [-0.25, -0.2) is 9.97 Å². The summed E-state index contributed by atoms with van der Waals surface area (Å²) in [5.41, 5.74) is 15.8. The van der Waals surface area contributed by atoms with Crippen LogP contribution in [-0.2, 0) is 10.4 Å². The van der Waals surface area contributed by atoms with Crippen LogP contribution in [0.25, 0.3) is 55.5 Å². The summed E-state index contributed by atoms with van der Waals surface area (Å²) >= 11 is 0. The number of rotatable bonds is 4. The lowest BCUT2D eigenvalue weighted by molar-refractivity contribution is -0.538. The highest BCUT2D eigenvalue weighted by Gasteiger charge is 2.24. The predicted octanol–water partition coefficient (Wildman–Crippen LogP) is 6.74. The van der Waals surface area contributed by atoms with Crippen molar-refractivity contribution in [2.45, 2.75) is 13.8 Å². The molecule has 11 heteroatoms. The Hall–Kier alpha value is -6.01. The molecule has 0 amide bonds. The molecule has 2 heterocycles. The number of hydrogen-bond acceptors (Lipinski definition) is 8. The van der Waals surface area contributed by atoms with E-state index < -0.39 is 10.4 Å². The average molecular weight is 725 g/mol. The first-order valence-electron chi connectivity index (χ1n) is 16.9. The molecule has 0 fully saturated rings. The van der Waals surface area contributed by atoms with Crippen molar-refractivity contribution in [2.75, 3.05) is 38.0 Å². The smallest absolute Gasteiger partial charge is 0.242 e. The van der Waals surface area contributed by atoms with E-state index in [2.05, 4.69) is 170 Å². The van der Waals surface area contributed by atoms with E-state index in [9.17, 15) is 0 Å². The van der Waals surface area contributed by atoms with E-state index in [0.717, 1.165) is 55.5 Å². The van der Waals surface area contributed by atoms with Gasteiger partial charge in [0, 0.05) is 97.5 Å². The molecular weight excluding hydrogens is 685 g/mol. The van der Waals surface area contributed by atoms with Gasteiger partial charge in [-0.3, -0.25) is 8.42 Å². The third kappa shape index (κ3) is 7.92. The van der Waals surface area contributed by atoms with E-state index in [1.807, 2.05) is 24.3 Å². The normalized spacial score (nSPS) is 11.2. The molecule has 0 N–H and O–H groups in total. The molecular formula is C42H40N6O4S. The van der Waals surface area contributed by atoms with Crippen molar-refractivity contribution in [3.63, 3.8) is 0 Å². The zero-order valence-electron chi connectivity index (χ0n) is 30.4. The zero-order valence-corrected chi connectivity index (χ0v) is 31.2. The van der Waals surface area contributed by atoms with Crippen LogP contribution in [0.1, 0.15) is 11.1 Å². The SMILES string of the molecule is Cc1c(N(C)C)ccc2nc3ccccc3[n+](-c3ccccc3)c12.Cc1c(N(C)C)ccc2nc3ccccc3[n+](-c3ccccc3)c12.O=S(=O)([O-])[O-]. The summed E-state index contributed by atoms with van der Waals surface area (Å²) in [6, 6.07) is 46.2. The van der Waals surface area contributed by atoms with E-state index in [-0.39, 0.29) is 0 Å². The number of aryl methyl sites for hydroxylation is 2. The molecule has 0 atom stereocenters. The van der Waals surface area contributed by atoms with E-state index in [0.29, 0.717) is 0 Å². The first kappa shape index (κ1) is 36.8. The van der Waals surface area contributed by atoms with Crippen molar-refractivity contribution >= 4 is 65.9 Å². The van der Waals surface area contributed by atoms with Gasteiger partial charge in [0.2, 0.25) is 33.4 Å². The van der Waals surface area contributed by atoms with Gasteiger partial charge in [-0.1, -0.05) is 60.7 Å². The average Bonchev–Trinajstić information content (AvgIpc) is 3.13. The summed E-state index contributed by atoms with van der Waals surface area (Å²) < 4.78 is 38.7. The number of benzene rings is 6. The molecule has 8 rings (SSSR count). The highest BCUT2D eigenvalue weighted by atomic mass is 32.3. The topological polar surface area (TPSA) is 120 Å². The second kappa shape index (κ2) is 15.3. The summed E-state index contributed by atoms with van der Waals surface area (Å²) in [7, 11) is 3.15. The van der Waals surface area contributed by atoms with Crippen molar-refractivity contribution in [1.29, 1.82) is 0 Å². The molecule has 0 bridgehead atoms. The first-order chi connectivity index (χ1) is 25.3. The molecule has 2 aromatic heterocycles. The maximum Gasteiger partial charge on any atom is 0.242 e. The van der Waals surface area contributed by atoms with Gasteiger partial charge in [0.15, 0.2) is 0 Å². The maximum atomic E-state index is 8.52. The standard InChI is InChI=1S/2C21H20N3.H2O4S/c2*1-15-19(23(2)3)14-13-18-21(15)24(16-9-5-4-6-10-16)20-12-8-7-11-17(20)22-18;1-5(2,3)4/h2*4-14H,1-3H3;(H2,1,2,3,4)/q2*+1;/p-2. The molecule has 0 aliphatic rings. The molecule has 0 saturated heterocycles. The third-order valence-electron chi connectivity index (χ3n) is 8.93. The largest absolute Gasteiger partial charge is 0.759 e. The molecule has 10 nitrogen and oxygen atoms in total. The van der Waals surface area contributed by atoms with Crippen LogP contribution in [0, 0.1) is 13.8 Å². The number of para-hydroxylation sites is 6. The van der Waals surface area contributed by atoms with E-state index in [1.54, 1.807) is 0 Å². The Balaban J connectivity index is 0.000000161. The molecule has 0 aliphatic carbocycles. The molecule has 0 spiro atoms. The zero-order chi connectivity index (χ0) is 37.9. The van der Waals surface area contributed by atoms with Crippen LogP contribution in [0.2, 0.25) is 0 Å². The summed E-state index contributed by atoms with van der Waals surface area (Å²) in [4.78, 5) is 14.1. The molecule has 268 valence electrons. The van der Waals surface area contributed by atoms with Crippen molar-refractivity contribution in [3.8, 4) is 11.4 Å². The van der Waals surface area contributed by atoms with Gasteiger partial charge in [-0.15, -0.1) is 9.13 Å². The highest BCUT2D eigenvalue weighted by molar-refractivity contribution is 7.79. The van der Waals surface area contributed by atoms with E-state index in [1.165, 1.54) is 22.5 Å². The van der Waals surface area contributed by atoms with Crippen LogP contribution in [0.5, 0.6) is 0 Å². The van der Waals surface area contributed by atoms with Crippen LogP contribution in [-0.4, -0.2) is 55.7 Å². The number of fused-ring (bicyclic) bond motifs is 4. The van der Waals surface area contributed by atoms with Crippen molar-refractivity contribution < 1.29 is 26.7 Å². The minimum atomic E-state index is -5.17. The van der Waals surface area contributed by atoms with E-state index >= 15 is 0 Å².